The summed E-state index contributed by atoms with van der Waals surface area (Å²) in [6, 6.07) is 5.68. The van der Waals surface area contributed by atoms with Crippen LogP contribution >= 0.6 is 23.2 Å². The molecule has 0 N–H and O–H groups in total. The fourth-order valence-corrected chi connectivity index (χ4v) is 3.42. The molecule has 1 fully saturated rings. The molecule has 1 saturated carbocycles. The average molecular weight is 271 g/mol. The van der Waals surface area contributed by atoms with Crippen LogP contribution in [0.25, 0.3) is 0 Å². The Morgan fingerprint density at radius 2 is 1.94 bits per heavy atom. The van der Waals surface area contributed by atoms with E-state index in [0.29, 0.717) is 22.2 Å². The van der Waals surface area contributed by atoms with Gasteiger partial charge in [0.05, 0.1) is 10.0 Å². The first kappa shape index (κ1) is 12.9. The van der Waals surface area contributed by atoms with Crippen molar-refractivity contribution >= 4 is 29.0 Å². The number of hydrogen-bond acceptors (Lipinski definition) is 1. The highest BCUT2D eigenvalue weighted by atomic mass is 35.5. The summed E-state index contributed by atoms with van der Waals surface area (Å²) in [6.45, 7) is 4.15. The highest BCUT2D eigenvalue weighted by molar-refractivity contribution is 6.42. The first-order valence-corrected chi connectivity index (χ1v) is 6.79. The molecule has 17 heavy (non-hydrogen) atoms. The van der Waals surface area contributed by atoms with Crippen molar-refractivity contribution in [1.82, 2.24) is 0 Å². The highest BCUT2D eigenvalue weighted by Gasteiger charge is 2.52. The van der Waals surface area contributed by atoms with E-state index in [1.165, 1.54) is 0 Å². The fraction of sp³-hybridized carbons (Fsp3) is 0.500. The number of carbonyl (C=O) groups is 1. The van der Waals surface area contributed by atoms with Crippen molar-refractivity contribution < 1.29 is 4.79 Å². The van der Waals surface area contributed by atoms with Crippen LogP contribution in [0.2, 0.25) is 10.0 Å². The Bertz CT molecular complexity index is 450. The van der Waals surface area contributed by atoms with Gasteiger partial charge < -0.3 is 0 Å². The van der Waals surface area contributed by atoms with Crippen LogP contribution in [0.5, 0.6) is 0 Å². The van der Waals surface area contributed by atoms with E-state index in [-0.39, 0.29) is 11.3 Å². The monoisotopic (exact) mass is 270 g/mol. The van der Waals surface area contributed by atoms with Gasteiger partial charge in [0.25, 0.3) is 0 Å². The van der Waals surface area contributed by atoms with Crippen LogP contribution in [0.15, 0.2) is 18.2 Å². The van der Waals surface area contributed by atoms with Crippen molar-refractivity contribution in [2.45, 2.75) is 39.0 Å². The molecule has 0 saturated heterocycles. The van der Waals surface area contributed by atoms with Crippen molar-refractivity contribution in [3.05, 3.63) is 33.8 Å². The van der Waals surface area contributed by atoms with Gasteiger partial charge in [-0.1, -0.05) is 49.2 Å². The molecule has 1 unspecified atom stereocenters. The minimum absolute atomic E-state index is 0.214. The Balaban J connectivity index is 2.42. The maximum absolute atomic E-state index is 11.9. The third-order valence-electron chi connectivity index (χ3n) is 4.23. The second kappa shape index (κ2) is 4.62. The largest absolute Gasteiger partial charge is 0.299 e. The van der Waals surface area contributed by atoms with Crippen molar-refractivity contribution in [2.24, 2.45) is 5.41 Å². The lowest BCUT2D eigenvalue weighted by Crippen LogP contribution is -2.47. The second-order valence-corrected chi connectivity index (χ2v) is 5.47. The molecule has 1 aliphatic carbocycles. The number of rotatable bonds is 3. The van der Waals surface area contributed by atoms with Gasteiger partial charge in [-0.05, 0) is 24.5 Å². The molecule has 0 spiro atoms. The first-order valence-electron chi connectivity index (χ1n) is 6.04. The zero-order chi connectivity index (χ0) is 12.6. The summed E-state index contributed by atoms with van der Waals surface area (Å²) < 4.78 is 0. The molecule has 1 atom stereocenters. The van der Waals surface area contributed by atoms with Crippen molar-refractivity contribution in [3.63, 3.8) is 0 Å². The lowest BCUT2D eigenvalue weighted by Gasteiger charge is -2.47. The second-order valence-electron chi connectivity index (χ2n) is 4.69. The zero-order valence-corrected chi connectivity index (χ0v) is 11.6. The van der Waals surface area contributed by atoms with Crippen LogP contribution in [-0.4, -0.2) is 5.78 Å². The van der Waals surface area contributed by atoms with E-state index in [1.54, 1.807) is 6.07 Å². The summed E-state index contributed by atoms with van der Waals surface area (Å²) in [4.78, 5) is 11.9. The number of carbonyl (C=O) groups excluding carboxylic acids is 1. The summed E-state index contributed by atoms with van der Waals surface area (Å²) in [5.41, 5.74) is 0.816. The van der Waals surface area contributed by atoms with Gasteiger partial charge in [-0.2, -0.15) is 0 Å². The number of halogens is 2. The Kier molecular flexibility index (Phi) is 3.51. The summed E-state index contributed by atoms with van der Waals surface area (Å²) in [6.07, 6.45) is 2.34. The van der Waals surface area contributed by atoms with Crippen molar-refractivity contribution in [3.8, 4) is 0 Å². The third-order valence-corrected chi connectivity index (χ3v) is 5.06. The quantitative estimate of drug-likeness (QED) is 0.767. The van der Waals surface area contributed by atoms with E-state index in [0.717, 1.165) is 18.4 Å². The third kappa shape index (κ3) is 1.80. The molecule has 0 aromatic heterocycles. The predicted molar refractivity (Wildman–Crippen MR) is 71.8 cm³/mol. The van der Waals surface area contributed by atoms with Gasteiger partial charge in [-0.25, -0.2) is 0 Å². The van der Waals surface area contributed by atoms with E-state index in [2.05, 4.69) is 13.8 Å². The van der Waals surface area contributed by atoms with Gasteiger partial charge in [0.1, 0.15) is 5.78 Å². The molecule has 3 heteroatoms. The van der Waals surface area contributed by atoms with Crippen molar-refractivity contribution in [2.75, 3.05) is 0 Å². The van der Waals surface area contributed by atoms with Crippen LogP contribution in [-0.2, 0) is 4.79 Å². The number of hydrogen-bond donors (Lipinski definition) is 0. The highest BCUT2D eigenvalue weighted by Crippen LogP contribution is 2.56. The van der Waals surface area contributed by atoms with Gasteiger partial charge in [0.2, 0.25) is 0 Å². The van der Waals surface area contributed by atoms with Crippen LogP contribution in [0, 0.1) is 5.41 Å². The number of Topliss-reactive ketones (excluding diaryl/α,β-unsaturated/α-hetero) is 1. The molecule has 1 aromatic rings. The van der Waals surface area contributed by atoms with E-state index >= 15 is 0 Å². The summed E-state index contributed by atoms with van der Waals surface area (Å²) in [5.74, 6) is 0.597. The molecule has 0 radical (unpaired) electrons. The maximum atomic E-state index is 11.9. The number of benzene rings is 1. The van der Waals surface area contributed by atoms with Crippen LogP contribution < -0.4 is 0 Å². The topological polar surface area (TPSA) is 17.1 Å². The van der Waals surface area contributed by atoms with Crippen LogP contribution in [0.4, 0.5) is 0 Å². The molecule has 0 aliphatic heterocycles. The molecule has 2 rings (SSSR count). The van der Waals surface area contributed by atoms with E-state index < -0.39 is 0 Å². The summed E-state index contributed by atoms with van der Waals surface area (Å²) in [5, 5.41) is 1.18. The number of ketones is 1. The molecule has 0 bridgehead atoms. The zero-order valence-electron chi connectivity index (χ0n) is 10.1. The molecular formula is C14H16Cl2O. The molecule has 1 nitrogen and oxygen atoms in total. The molecule has 92 valence electrons. The lowest BCUT2D eigenvalue weighted by atomic mass is 9.54. The van der Waals surface area contributed by atoms with Crippen LogP contribution in [0.3, 0.4) is 0 Å². The summed E-state index contributed by atoms with van der Waals surface area (Å²) in [7, 11) is 0. The molecule has 1 aromatic carbocycles. The van der Waals surface area contributed by atoms with Gasteiger partial charge in [0.15, 0.2) is 0 Å². The fourth-order valence-electron chi connectivity index (χ4n) is 2.98. The van der Waals surface area contributed by atoms with E-state index in [9.17, 15) is 4.79 Å². The smallest absolute Gasteiger partial charge is 0.140 e. The maximum Gasteiger partial charge on any atom is 0.140 e. The Morgan fingerprint density at radius 1 is 1.29 bits per heavy atom. The first-order chi connectivity index (χ1) is 8.06. The molecule has 0 amide bonds. The normalized spacial score (nSPS) is 22.4. The Morgan fingerprint density at radius 3 is 2.47 bits per heavy atom. The Hall–Kier alpha value is -0.530. The average Bonchev–Trinajstić information content (AvgIpc) is 2.32. The Labute approximate surface area is 112 Å². The van der Waals surface area contributed by atoms with Gasteiger partial charge in [-0.3, -0.25) is 4.79 Å². The molecule has 1 aliphatic rings. The van der Waals surface area contributed by atoms with Crippen LogP contribution in [0.1, 0.15) is 44.6 Å². The van der Waals surface area contributed by atoms with E-state index in [1.807, 2.05) is 12.1 Å². The minimum atomic E-state index is -0.214. The van der Waals surface area contributed by atoms with E-state index in [4.69, 9.17) is 23.2 Å². The van der Waals surface area contributed by atoms with Crippen molar-refractivity contribution in [1.29, 1.82) is 0 Å². The standard InChI is InChI=1S/C14H16Cl2O/c1-3-14(4-2)10(8-12(14)17)9-6-5-7-11(15)13(9)16/h5-7,10H,3-4,8H2,1-2H3. The lowest BCUT2D eigenvalue weighted by molar-refractivity contribution is -0.141. The summed E-state index contributed by atoms with van der Waals surface area (Å²) >= 11 is 12.3. The molecular weight excluding hydrogens is 255 g/mol. The SMILES string of the molecule is CCC1(CC)C(=O)CC1c1cccc(Cl)c1Cl. The van der Waals surface area contributed by atoms with Gasteiger partial charge in [-0.15, -0.1) is 0 Å². The predicted octanol–water partition coefficient (Wildman–Crippen LogP) is 4.86. The molecule has 0 heterocycles. The van der Waals surface area contributed by atoms with Gasteiger partial charge >= 0.3 is 0 Å². The minimum Gasteiger partial charge on any atom is -0.299 e. The van der Waals surface area contributed by atoms with Gasteiger partial charge in [0, 0.05) is 17.8 Å².